The average Bonchev–Trinajstić information content (AvgIpc) is 2.26. The van der Waals surface area contributed by atoms with Crippen LogP contribution in [-0.4, -0.2) is 36.4 Å². The third kappa shape index (κ3) is 6.93. The van der Waals surface area contributed by atoms with Crippen molar-refractivity contribution in [2.45, 2.75) is 58.8 Å². The molecule has 0 aliphatic rings. The van der Waals surface area contributed by atoms with Gasteiger partial charge in [0.15, 0.2) is 6.29 Å². The molecule has 0 amide bonds. The molecule has 4 heteroatoms. The van der Waals surface area contributed by atoms with Gasteiger partial charge in [0.2, 0.25) is 0 Å². The van der Waals surface area contributed by atoms with Gasteiger partial charge in [0, 0.05) is 25.3 Å². The molecule has 16 heavy (non-hydrogen) atoms. The van der Waals surface area contributed by atoms with Crippen LogP contribution in [0, 0.1) is 5.41 Å². The van der Waals surface area contributed by atoms with E-state index in [1.165, 1.54) is 0 Å². The molecule has 96 valence electrons. The van der Waals surface area contributed by atoms with Crippen molar-refractivity contribution in [3.63, 3.8) is 0 Å². The lowest BCUT2D eigenvalue weighted by Gasteiger charge is -2.19. The van der Waals surface area contributed by atoms with Gasteiger partial charge in [-0.15, -0.1) is 0 Å². The fourth-order valence-electron chi connectivity index (χ4n) is 1.43. The number of unbranched alkanes of at least 4 members (excludes halogenated alkanes) is 1. The Morgan fingerprint density at radius 2 is 1.75 bits per heavy atom. The summed E-state index contributed by atoms with van der Waals surface area (Å²) in [4.78, 5) is 0. The molecule has 1 unspecified atom stereocenters. The minimum atomic E-state index is -0.650. The lowest BCUT2D eigenvalue weighted by Crippen LogP contribution is -2.28. The first-order valence-electron chi connectivity index (χ1n) is 6.14. The molecule has 0 spiro atoms. The summed E-state index contributed by atoms with van der Waals surface area (Å²) in [6.45, 7) is 6.97. The summed E-state index contributed by atoms with van der Waals surface area (Å²) in [5, 5.41) is 17.4. The molecule has 0 aromatic heterocycles. The van der Waals surface area contributed by atoms with E-state index in [9.17, 15) is 5.11 Å². The Balaban J connectivity index is 3.96. The summed E-state index contributed by atoms with van der Waals surface area (Å²) in [6.07, 6.45) is 1.94. The predicted molar refractivity (Wildman–Crippen MR) is 64.9 cm³/mol. The van der Waals surface area contributed by atoms with Gasteiger partial charge in [0.1, 0.15) is 0 Å². The SMILES string of the molecule is CCCCC(O)C(=N)CC(OCC)OCC. The normalized spacial score (nSPS) is 13.1. The maximum atomic E-state index is 9.70. The van der Waals surface area contributed by atoms with Crippen LogP contribution in [0.3, 0.4) is 0 Å². The van der Waals surface area contributed by atoms with E-state index in [0.717, 1.165) is 12.8 Å². The van der Waals surface area contributed by atoms with Gasteiger partial charge in [0.25, 0.3) is 0 Å². The number of hydrogen-bond acceptors (Lipinski definition) is 4. The van der Waals surface area contributed by atoms with E-state index in [1.807, 2.05) is 13.8 Å². The Labute approximate surface area is 98.5 Å². The largest absolute Gasteiger partial charge is 0.387 e. The quantitative estimate of drug-likeness (QED) is 0.448. The molecule has 1 atom stereocenters. The standard InChI is InChI=1S/C12H25NO3/c1-4-7-8-11(14)10(13)9-12(15-5-2)16-6-3/h11-14H,4-9H2,1-3H3. The first-order chi connectivity index (χ1) is 7.65. The molecular weight excluding hydrogens is 206 g/mol. The van der Waals surface area contributed by atoms with Crippen LogP contribution in [0.25, 0.3) is 0 Å². The summed E-state index contributed by atoms with van der Waals surface area (Å²) < 4.78 is 10.7. The van der Waals surface area contributed by atoms with Crippen LogP contribution in [0.15, 0.2) is 0 Å². The van der Waals surface area contributed by atoms with Crippen LogP contribution in [0.1, 0.15) is 46.5 Å². The first kappa shape index (κ1) is 15.6. The maximum Gasteiger partial charge on any atom is 0.162 e. The molecule has 0 bridgehead atoms. The fourth-order valence-corrected chi connectivity index (χ4v) is 1.43. The van der Waals surface area contributed by atoms with Gasteiger partial charge in [0.05, 0.1) is 6.10 Å². The van der Waals surface area contributed by atoms with Crippen molar-refractivity contribution < 1.29 is 14.6 Å². The highest BCUT2D eigenvalue weighted by molar-refractivity contribution is 5.85. The monoisotopic (exact) mass is 231 g/mol. The average molecular weight is 231 g/mol. The zero-order chi connectivity index (χ0) is 12.4. The smallest absolute Gasteiger partial charge is 0.162 e. The van der Waals surface area contributed by atoms with Crippen LogP contribution in [0.4, 0.5) is 0 Å². The molecular formula is C12H25NO3. The third-order valence-electron chi connectivity index (χ3n) is 2.33. The van der Waals surface area contributed by atoms with Crippen molar-refractivity contribution >= 4 is 5.71 Å². The summed E-state index contributed by atoms with van der Waals surface area (Å²) in [7, 11) is 0. The Kier molecular flexibility index (Phi) is 9.48. The summed E-state index contributed by atoms with van der Waals surface area (Å²) in [5.74, 6) is 0. The summed E-state index contributed by atoms with van der Waals surface area (Å²) >= 11 is 0. The lowest BCUT2D eigenvalue weighted by atomic mass is 10.1. The van der Waals surface area contributed by atoms with Gasteiger partial charge in [-0.25, -0.2) is 0 Å². The highest BCUT2D eigenvalue weighted by atomic mass is 16.7. The van der Waals surface area contributed by atoms with Crippen LogP contribution in [0.5, 0.6) is 0 Å². The number of rotatable bonds is 10. The molecule has 0 radical (unpaired) electrons. The Morgan fingerprint density at radius 1 is 1.19 bits per heavy atom. The zero-order valence-electron chi connectivity index (χ0n) is 10.7. The van der Waals surface area contributed by atoms with Crippen molar-refractivity contribution in [3.8, 4) is 0 Å². The van der Waals surface area contributed by atoms with Gasteiger partial charge in [-0.05, 0) is 20.3 Å². The Morgan fingerprint density at radius 3 is 2.19 bits per heavy atom. The maximum absolute atomic E-state index is 9.70. The third-order valence-corrected chi connectivity index (χ3v) is 2.33. The van der Waals surface area contributed by atoms with E-state index in [2.05, 4.69) is 6.92 Å². The topological polar surface area (TPSA) is 62.5 Å². The van der Waals surface area contributed by atoms with E-state index >= 15 is 0 Å². The second-order valence-corrected chi connectivity index (χ2v) is 3.73. The molecule has 0 aliphatic heterocycles. The molecule has 0 heterocycles. The van der Waals surface area contributed by atoms with E-state index in [-0.39, 0.29) is 0 Å². The molecule has 0 saturated heterocycles. The molecule has 2 N–H and O–H groups in total. The highest BCUT2D eigenvalue weighted by Gasteiger charge is 2.16. The van der Waals surface area contributed by atoms with Crippen LogP contribution >= 0.6 is 0 Å². The van der Waals surface area contributed by atoms with Crippen molar-refractivity contribution in [1.29, 1.82) is 5.41 Å². The second-order valence-electron chi connectivity index (χ2n) is 3.73. The van der Waals surface area contributed by atoms with E-state index in [0.29, 0.717) is 31.8 Å². The van der Waals surface area contributed by atoms with Crippen molar-refractivity contribution in [2.75, 3.05) is 13.2 Å². The fraction of sp³-hybridized carbons (Fsp3) is 0.917. The van der Waals surface area contributed by atoms with E-state index < -0.39 is 12.4 Å². The molecule has 0 aliphatic carbocycles. The van der Waals surface area contributed by atoms with Crippen molar-refractivity contribution in [2.24, 2.45) is 0 Å². The second kappa shape index (κ2) is 9.75. The van der Waals surface area contributed by atoms with Gasteiger partial charge in [-0.3, -0.25) is 0 Å². The van der Waals surface area contributed by atoms with Crippen molar-refractivity contribution in [1.82, 2.24) is 0 Å². The summed E-state index contributed by atoms with van der Waals surface area (Å²) in [6, 6.07) is 0. The number of aliphatic hydroxyl groups is 1. The highest BCUT2D eigenvalue weighted by Crippen LogP contribution is 2.09. The number of ether oxygens (including phenoxy) is 2. The molecule has 4 nitrogen and oxygen atoms in total. The Hall–Kier alpha value is -0.450. The van der Waals surface area contributed by atoms with Crippen LogP contribution in [0.2, 0.25) is 0 Å². The van der Waals surface area contributed by atoms with Gasteiger partial charge in [-0.1, -0.05) is 19.8 Å². The van der Waals surface area contributed by atoms with Crippen molar-refractivity contribution in [3.05, 3.63) is 0 Å². The summed E-state index contributed by atoms with van der Waals surface area (Å²) in [5.41, 5.74) is 0.306. The first-order valence-corrected chi connectivity index (χ1v) is 6.14. The molecule has 0 aromatic carbocycles. The molecule has 0 rings (SSSR count). The predicted octanol–water partition coefficient (Wildman–Crippen LogP) is 2.35. The number of hydrogen-bond donors (Lipinski definition) is 2. The van der Waals surface area contributed by atoms with E-state index in [1.54, 1.807) is 0 Å². The van der Waals surface area contributed by atoms with Gasteiger partial charge in [-0.2, -0.15) is 0 Å². The minimum absolute atomic E-state index is 0.306. The number of aliphatic hydroxyl groups excluding tert-OH is 1. The molecule has 0 aromatic rings. The van der Waals surface area contributed by atoms with E-state index in [4.69, 9.17) is 14.9 Å². The number of nitrogens with one attached hydrogen (secondary N) is 1. The van der Waals surface area contributed by atoms with Gasteiger partial charge < -0.3 is 20.0 Å². The Bertz CT molecular complexity index is 179. The molecule has 0 saturated carbocycles. The zero-order valence-corrected chi connectivity index (χ0v) is 10.7. The minimum Gasteiger partial charge on any atom is -0.387 e. The lowest BCUT2D eigenvalue weighted by molar-refractivity contribution is -0.131. The van der Waals surface area contributed by atoms with Crippen LogP contribution < -0.4 is 0 Å². The van der Waals surface area contributed by atoms with Crippen LogP contribution in [-0.2, 0) is 9.47 Å². The van der Waals surface area contributed by atoms with Gasteiger partial charge >= 0.3 is 0 Å². The molecule has 0 fully saturated rings.